The molecule has 2 heterocycles. The number of fused-ring (bicyclic) bond motifs is 1. The molecule has 1 aromatic heterocycles. The Hall–Kier alpha value is -3.61. The molecule has 1 aliphatic rings. The lowest BCUT2D eigenvalue weighted by molar-refractivity contribution is 0.0206. The lowest BCUT2D eigenvalue weighted by atomic mass is 10.00. The first kappa shape index (κ1) is 22.2. The third-order valence-corrected chi connectivity index (χ3v) is 6.06. The Morgan fingerprint density at radius 1 is 0.971 bits per heavy atom. The van der Waals surface area contributed by atoms with Crippen molar-refractivity contribution in [3.05, 3.63) is 95.7 Å². The third-order valence-electron chi connectivity index (χ3n) is 6.06. The quantitative estimate of drug-likeness (QED) is 0.398. The smallest absolute Gasteiger partial charge is 0.255 e. The number of benzene rings is 3. The zero-order valence-electron chi connectivity index (χ0n) is 19.2. The second-order valence-corrected chi connectivity index (χ2v) is 8.21. The number of para-hydroxylation sites is 1. The first-order valence-electron chi connectivity index (χ1n) is 11.7. The molecule has 0 saturated carbocycles. The van der Waals surface area contributed by atoms with Gasteiger partial charge in [0.15, 0.2) is 0 Å². The molecule has 1 amide bonds. The predicted octanol–water partition coefficient (Wildman–Crippen LogP) is 5.51. The van der Waals surface area contributed by atoms with Gasteiger partial charge in [0.2, 0.25) is 0 Å². The van der Waals surface area contributed by atoms with Gasteiger partial charge in [-0.3, -0.25) is 9.69 Å². The summed E-state index contributed by atoms with van der Waals surface area (Å²) in [5.74, 6) is 1.38. The Morgan fingerprint density at radius 2 is 1.68 bits per heavy atom. The first-order chi connectivity index (χ1) is 16.7. The summed E-state index contributed by atoms with van der Waals surface area (Å²) in [6.45, 7) is 5.42. The number of carbonyl (C=O) groups excluding carboxylic acids is 1. The lowest BCUT2D eigenvalue weighted by Gasteiger charge is -2.34. The van der Waals surface area contributed by atoms with E-state index in [1.165, 1.54) is 0 Å². The van der Waals surface area contributed by atoms with Gasteiger partial charge < -0.3 is 19.2 Å². The number of anilines is 1. The van der Waals surface area contributed by atoms with Gasteiger partial charge in [0, 0.05) is 24.0 Å². The van der Waals surface area contributed by atoms with E-state index in [4.69, 9.17) is 13.9 Å². The second kappa shape index (κ2) is 10.1. The summed E-state index contributed by atoms with van der Waals surface area (Å²) < 4.78 is 17.7. The van der Waals surface area contributed by atoms with Crippen LogP contribution >= 0.6 is 0 Å². The zero-order chi connectivity index (χ0) is 23.3. The molecular weight excluding hydrogens is 428 g/mol. The number of hydrogen-bond acceptors (Lipinski definition) is 5. The van der Waals surface area contributed by atoms with E-state index < -0.39 is 0 Å². The van der Waals surface area contributed by atoms with Gasteiger partial charge in [0.05, 0.1) is 31.5 Å². The van der Waals surface area contributed by atoms with Crippen molar-refractivity contribution in [3.8, 4) is 5.75 Å². The summed E-state index contributed by atoms with van der Waals surface area (Å²) in [7, 11) is 0. The molecule has 34 heavy (non-hydrogen) atoms. The highest BCUT2D eigenvalue weighted by atomic mass is 16.5. The molecule has 1 aliphatic heterocycles. The summed E-state index contributed by atoms with van der Waals surface area (Å²) in [6.07, 6.45) is 0. The van der Waals surface area contributed by atoms with E-state index in [1.54, 1.807) is 0 Å². The summed E-state index contributed by atoms with van der Waals surface area (Å²) in [5, 5.41) is 4.04. The van der Waals surface area contributed by atoms with Gasteiger partial charge in [-0.2, -0.15) is 0 Å². The van der Waals surface area contributed by atoms with E-state index >= 15 is 0 Å². The summed E-state index contributed by atoms with van der Waals surface area (Å²) in [5.41, 5.74) is 3.11. The van der Waals surface area contributed by atoms with Crippen molar-refractivity contribution in [2.75, 3.05) is 38.2 Å². The topological polar surface area (TPSA) is 63.9 Å². The molecule has 5 rings (SSSR count). The highest BCUT2D eigenvalue weighted by Gasteiger charge is 2.31. The van der Waals surface area contributed by atoms with Crippen LogP contribution in [-0.4, -0.2) is 43.7 Å². The van der Waals surface area contributed by atoms with Gasteiger partial charge in [0.25, 0.3) is 5.91 Å². The fourth-order valence-corrected chi connectivity index (χ4v) is 4.44. The first-order valence-corrected chi connectivity index (χ1v) is 11.7. The van der Waals surface area contributed by atoms with Crippen LogP contribution in [0.4, 0.5) is 5.69 Å². The molecule has 1 fully saturated rings. The number of nitrogens with zero attached hydrogens (tertiary/aromatic N) is 1. The monoisotopic (exact) mass is 456 g/mol. The molecule has 1 atom stereocenters. The average Bonchev–Trinajstić information content (AvgIpc) is 3.24. The fourth-order valence-electron chi connectivity index (χ4n) is 4.44. The fraction of sp³-hybridized carbons (Fsp3) is 0.250. The molecule has 1 N–H and O–H groups in total. The van der Waals surface area contributed by atoms with Gasteiger partial charge in [-0.05, 0) is 48.9 Å². The minimum atomic E-state index is -0.182. The van der Waals surface area contributed by atoms with Gasteiger partial charge in [-0.25, -0.2) is 0 Å². The largest absolute Gasteiger partial charge is 0.494 e. The van der Waals surface area contributed by atoms with Crippen molar-refractivity contribution in [2.24, 2.45) is 0 Å². The molecular formula is C28H28N2O4. The molecule has 4 aromatic rings. The highest BCUT2D eigenvalue weighted by Crippen LogP contribution is 2.41. The van der Waals surface area contributed by atoms with E-state index in [1.807, 2.05) is 73.7 Å². The van der Waals surface area contributed by atoms with Crippen molar-refractivity contribution in [2.45, 2.75) is 13.0 Å². The summed E-state index contributed by atoms with van der Waals surface area (Å²) in [6, 6.07) is 25.0. The van der Waals surface area contributed by atoms with Gasteiger partial charge >= 0.3 is 0 Å². The molecule has 3 aromatic carbocycles. The van der Waals surface area contributed by atoms with Crippen LogP contribution < -0.4 is 10.1 Å². The zero-order valence-corrected chi connectivity index (χ0v) is 19.2. The minimum Gasteiger partial charge on any atom is -0.494 e. The Kier molecular flexibility index (Phi) is 6.60. The van der Waals surface area contributed by atoms with Gasteiger partial charge in [0.1, 0.15) is 17.1 Å². The van der Waals surface area contributed by atoms with Crippen molar-refractivity contribution in [1.82, 2.24) is 4.90 Å². The molecule has 0 bridgehead atoms. The van der Waals surface area contributed by atoms with E-state index in [0.717, 1.165) is 41.1 Å². The molecule has 0 unspecified atom stereocenters. The standard InChI is InChI=1S/C28H28N2O4/c1-2-33-22-14-12-20(13-15-22)26(30-16-18-32-19-17-30)27-25(23-10-6-7-11-24(23)34-27)29-28(31)21-8-4-3-5-9-21/h3-15,26H,2,16-19H2,1H3,(H,29,31)/t26-/m1/s1. The maximum atomic E-state index is 13.2. The van der Waals surface area contributed by atoms with Crippen LogP contribution in [0.25, 0.3) is 11.0 Å². The van der Waals surface area contributed by atoms with Crippen molar-refractivity contribution < 1.29 is 18.7 Å². The van der Waals surface area contributed by atoms with E-state index in [2.05, 4.69) is 22.3 Å². The number of amides is 1. The lowest BCUT2D eigenvalue weighted by Crippen LogP contribution is -2.39. The molecule has 0 aliphatic carbocycles. The minimum absolute atomic E-state index is 0.166. The van der Waals surface area contributed by atoms with Crippen LogP contribution in [0.15, 0.2) is 83.3 Å². The van der Waals surface area contributed by atoms with Crippen molar-refractivity contribution in [3.63, 3.8) is 0 Å². The summed E-state index contributed by atoms with van der Waals surface area (Å²) >= 11 is 0. The average molecular weight is 457 g/mol. The van der Waals surface area contributed by atoms with Gasteiger partial charge in [-0.15, -0.1) is 0 Å². The van der Waals surface area contributed by atoms with Crippen molar-refractivity contribution >= 4 is 22.6 Å². The van der Waals surface area contributed by atoms with Crippen LogP contribution in [0.1, 0.15) is 34.6 Å². The molecule has 174 valence electrons. The molecule has 6 nitrogen and oxygen atoms in total. The van der Waals surface area contributed by atoms with Crippen LogP contribution in [0.5, 0.6) is 5.75 Å². The number of hydrogen-bond donors (Lipinski definition) is 1. The van der Waals surface area contributed by atoms with Crippen LogP contribution in [0.3, 0.4) is 0 Å². The van der Waals surface area contributed by atoms with Crippen LogP contribution in [0, 0.1) is 0 Å². The van der Waals surface area contributed by atoms with Crippen LogP contribution in [0.2, 0.25) is 0 Å². The normalized spacial score (nSPS) is 15.2. The van der Waals surface area contributed by atoms with Crippen molar-refractivity contribution in [1.29, 1.82) is 0 Å². The molecule has 0 spiro atoms. The van der Waals surface area contributed by atoms with E-state index in [0.29, 0.717) is 31.1 Å². The Bertz CT molecular complexity index is 1240. The third kappa shape index (κ3) is 4.55. The Balaban J connectivity index is 1.60. The second-order valence-electron chi connectivity index (χ2n) is 8.21. The highest BCUT2D eigenvalue weighted by molar-refractivity contribution is 6.09. The van der Waals surface area contributed by atoms with Crippen LogP contribution in [-0.2, 0) is 4.74 Å². The van der Waals surface area contributed by atoms with E-state index in [-0.39, 0.29) is 11.9 Å². The van der Waals surface area contributed by atoms with E-state index in [9.17, 15) is 4.79 Å². The number of furan rings is 1. The Morgan fingerprint density at radius 3 is 2.41 bits per heavy atom. The number of nitrogens with one attached hydrogen (secondary N) is 1. The predicted molar refractivity (Wildman–Crippen MR) is 132 cm³/mol. The number of rotatable bonds is 7. The summed E-state index contributed by atoms with van der Waals surface area (Å²) in [4.78, 5) is 15.5. The SMILES string of the molecule is CCOc1ccc([C@H](c2oc3ccccc3c2NC(=O)c2ccccc2)N2CCOCC2)cc1. The molecule has 1 saturated heterocycles. The molecule has 6 heteroatoms. The maximum absolute atomic E-state index is 13.2. The number of ether oxygens (including phenoxy) is 2. The number of carbonyl (C=O) groups is 1. The Labute approximate surface area is 199 Å². The molecule has 0 radical (unpaired) electrons. The maximum Gasteiger partial charge on any atom is 0.255 e. The number of morpholine rings is 1. The van der Waals surface area contributed by atoms with Gasteiger partial charge in [-0.1, -0.05) is 42.5 Å².